The zero-order valence-electron chi connectivity index (χ0n) is 14.0. The molecule has 0 unspecified atom stereocenters. The Kier molecular flexibility index (Phi) is 3.42. The molecule has 3 heteroatoms. The highest BCUT2D eigenvalue weighted by Crippen LogP contribution is 2.34. The zero-order valence-corrected chi connectivity index (χ0v) is 14.0. The molecule has 0 fully saturated rings. The first-order valence-corrected chi connectivity index (χ1v) is 8.58. The molecule has 3 aromatic carbocycles. The number of pyridine rings is 1. The smallest absolute Gasteiger partial charge is 0.137 e. The summed E-state index contributed by atoms with van der Waals surface area (Å²) in [5, 5.41) is 2.39. The Balaban J connectivity index is 1.75. The van der Waals surface area contributed by atoms with Crippen LogP contribution in [-0.2, 0) is 0 Å². The highest BCUT2D eigenvalue weighted by molar-refractivity contribution is 6.09. The first-order chi connectivity index (χ1) is 12.9. The number of fused-ring (bicyclic) bond motifs is 3. The molecular formula is C23H16N2O. The van der Waals surface area contributed by atoms with Gasteiger partial charge in [-0.2, -0.15) is 0 Å². The van der Waals surface area contributed by atoms with E-state index in [-0.39, 0.29) is 0 Å². The lowest BCUT2D eigenvalue weighted by molar-refractivity contribution is 0.483. The molecule has 26 heavy (non-hydrogen) atoms. The number of rotatable bonds is 3. The average Bonchev–Trinajstić information content (AvgIpc) is 3.03. The van der Waals surface area contributed by atoms with Gasteiger partial charge in [0.1, 0.15) is 17.3 Å². The topological polar surface area (TPSA) is 27.1 Å². The van der Waals surface area contributed by atoms with Crippen molar-refractivity contribution in [1.29, 1.82) is 0 Å². The van der Waals surface area contributed by atoms with Crippen molar-refractivity contribution in [3.05, 3.63) is 97.2 Å². The van der Waals surface area contributed by atoms with Crippen LogP contribution in [-0.4, -0.2) is 9.55 Å². The van der Waals surface area contributed by atoms with Gasteiger partial charge in [0, 0.05) is 23.0 Å². The maximum absolute atomic E-state index is 6.04. The molecule has 0 atom stereocenters. The van der Waals surface area contributed by atoms with Gasteiger partial charge in [0.05, 0.1) is 11.0 Å². The van der Waals surface area contributed by atoms with Crippen molar-refractivity contribution in [2.75, 3.05) is 0 Å². The Bertz CT molecular complexity index is 1190. The Morgan fingerprint density at radius 1 is 0.615 bits per heavy atom. The lowest BCUT2D eigenvalue weighted by Gasteiger charge is -2.08. The zero-order chi connectivity index (χ0) is 17.3. The van der Waals surface area contributed by atoms with Crippen LogP contribution in [0, 0.1) is 0 Å². The molecule has 0 N–H and O–H groups in total. The van der Waals surface area contributed by atoms with Crippen molar-refractivity contribution >= 4 is 21.8 Å². The van der Waals surface area contributed by atoms with E-state index < -0.39 is 0 Å². The number of aromatic nitrogens is 2. The van der Waals surface area contributed by atoms with Crippen LogP contribution in [0.1, 0.15) is 0 Å². The van der Waals surface area contributed by atoms with Gasteiger partial charge in [0.25, 0.3) is 0 Å². The van der Waals surface area contributed by atoms with E-state index in [9.17, 15) is 0 Å². The molecule has 0 aliphatic heterocycles. The average molecular weight is 336 g/mol. The van der Waals surface area contributed by atoms with E-state index >= 15 is 0 Å². The fourth-order valence-electron chi connectivity index (χ4n) is 3.37. The summed E-state index contributed by atoms with van der Waals surface area (Å²) in [5.41, 5.74) is 2.22. The van der Waals surface area contributed by atoms with E-state index in [2.05, 4.69) is 45.9 Å². The highest BCUT2D eigenvalue weighted by atomic mass is 16.5. The second kappa shape index (κ2) is 6.05. The fourth-order valence-corrected chi connectivity index (χ4v) is 3.37. The Hall–Kier alpha value is -3.59. The second-order valence-corrected chi connectivity index (χ2v) is 6.13. The summed E-state index contributed by atoms with van der Waals surface area (Å²) in [6.07, 6.45) is 1.82. The molecule has 0 saturated heterocycles. The highest BCUT2D eigenvalue weighted by Gasteiger charge is 2.13. The molecule has 0 aliphatic rings. The molecule has 5 aromatic rings. The van der Waals surface area contributed by atoms with Crippen LogP contribution in [0.25, 0.3) is 27.6 Å². The Morgan fingerprint density at radius 2 is 1.38 bits per heavy atom. The maximum atomic E-state index is 6.04. The summed E-state index contributed by atoms with van der Waals surface area (Å²) in [6.45, 7) is 0. The number of nitrogens with zero attached hydrogens (tertiary/aromatic N) is 2. The first-order valence-electron chi connectivity index (χ1n) is 8.58. The van der Waals surface area contributed by atoms with Crippen molar-refractivity contribution in [3.63, 3.8) is 0 Å². The van der Waals surface area contributed by atoms with Gasteiger partial charge in [-0.05, 0) is 42.5 Å². The number of hydrogen-bond acceptors (Lipinski definition) is 2. The van der Waals surface area contributed by atoms with Gasteiger partial charge in [0.2, 0.25) is 0 Å². The second-order valence-electron chi connectivity index (χ2n) is 6.13. The van der Waals surface area contributed by atoms with Crippen molar-refractivity contribution in [3.8, 4) is 17.3 Å². The molecule has 124 valence electrons. The van der Waals surface area contributed by atoms with E-state index in [1.807, 2.05) is 60.8 Å². The summed E-state index contributed by atoms with van der Waals surface area (Å²) < 4.78 is 8.22. The van der Waals surface area contributed by atoms with Crippen LogP contribution < -0.4 is 4.74 Å². The van der Waals surface area contributed by atoms with Crippen molar-refractivity contribution in [2.24, 2.45) is 0 Å². The minimum atomic E-state index is 0.809. The molecule has 3 nitrogen and oxygen atoms in total. The first kappa shape index (κ1) is 14.7. The quantitative estimate of drug-likeness (QED) is 0.406. The van der Waals surface area contributed by atoms with Gasteiger partial charge in [-0.15, -0.1) is 0 Å². The lowest BCUT2D eigenvalue weighted by Crippen LogP contribution is -1.96. The molecule has 0 spiro atoms. The largest absolute Gasteiger partial charge is 0.457 e. The van der Waals surface area contributed by atoms with Gasteiger partial charge >= 0.3 is 0 Å². The van der Waals surface area contributed by atoms with Gasteiger partial charge in [0.15, 0.2) is 0 Å². The third-order valence-electron chi connectivity index (χ3n) is 4.50. The summed E-state index contributed by atoms with van der Waals surface area (Å²) in [7, 11) is 0. The predicted octanol–water partition coefficient (Wildman–Crippen LogP) is 5.97. The van der Waals surface area contributed by atoms with Crippen LogP contribution in [0.4, 0.5) is 0 Å². The molecule has 0 radical (unpaired) electrons. The third-order valence-corrected chi connectivity index (χ3v) is 4.50. The van der Waals surface area contributed by atoms with Gasteiger partial charge in [-0.1, -0.05) is 42.5 Å². The standard InChI is InChI=1S/C23H16N2O/c1-2-8-17(9-3-1)26-18-13-14-20-19-10-4-5-11-21(19)25(22(20)16-18)23-12-6-7-15-24-23/h1-16H. The van der Waals surface area contributed by atoms with Gasteiger partial charge in [-0.3, -0.25) is 4.57 Å². The molecule has 2 heterocycles. The number of hydrogen-bond donors (Lipinski definition) is 0. The molecule has 0 amide bonds. The van der Waals surface area contributed by atoms with Crippen molar-refractivity contribution < 1.29 is 4.74 Å². The molecule has 0 aliphatic carbocycles. The van der Waals surface area contributed by atoms with E-state index in [1.165, 1.54) is 10.8 Å². The van der Waals surface area contributed by atoms with Crippen LogP contribution in [0.3, 0.4) is 0 Å². The minimum absolute atomic E-state index is 0.809. The molecule has 0 saturated carbocycles. The number of ether oxygens (including phenoxy) is 1. The normalized spacial score (nSPS) is 11.1. The maximum Gasteiger partial charge on any atom is 0.137 e. The monoisotopic (exact) mass is 336 g/mol. The van der Waals surface area contributed by atoms with Crippen molar-refractivity contribution in [2.45, 2.75) is 0 Å². The van der Waals surface area contributed by atoms with Crippen molar-refractivity contribution in [1.82, 2.24) is 9.55 Å². The third kappa shape index (κ3) is 2.42. The van der Waals surface area contributed by atoms with Crippen LogP contribution in [0.15, 0.2) is 97.2 Å². The lowest BCUT2D eigenvalue weighted by atomic mass is 10.1. The van der Waals surface area contributed by atoms with E-state index in [1.54, 1.807) is 0 Å². The molecule has 5 rings (SSSR count). The van der Waals surface area contributed by atoms with Crippen LogP contribution in [0.2, 0.25) is 0 Å². The SMILES string of the molecule is c1ccc(Oc2ccc3c4ccccc4n(-c4ccccn4)c3c2)cc1. The minimum Gasteiger partial charge on any atom is -0.457 e. The van der Waals surface area contributed by atoms with E-state index in [0.29, 0.717) is 0 Å². The molecular weight excluding hydrogens is 320 g/mol. The molecule has 0 bridgehead atoms. The van der Waals surface area contributed by atoms with Gasteiger partial charge < -0.3 is 4.74 Å². The number of para-hydroxylation sites is 2. The van der Waals surface area contributed by atoms with E-state index in [0.717, 1.165) is 28.4 Å². The Labute approximate surface area is 151 Å². The number of benzene rings is 3. The van der Waals surface area contributed by atoms with Crippen LogP contribution >= 0.6 is 0 Å². The van der Waals surface area contributed by atoms with Crippen LogP contribution in [0.5, 0.6) is 11.5 Å². The summed E-state index contributed by atoms with van der Waals surface area (Å²) in [4.78, 5) is 4.56. The van der Waals surface area contributed by atoms with E-state index in [4.69, 9.17) is 4.74 Å². The summed E-state index contributed by atoms with van der Waals surface area (Å²) >= 11 is 0. The summed E-state index contributed by atoms with van der Waals surface area (Å²) in [6, 6.07) is 30.4. The molecule has 2 aromatic heterocycles. The fraction of sp³-hybridized carbons (Fsp3) is 0. The Morgan fingerprint density at radius 3 is 2.23 bits per heavy atom. The van der Waals surface area contributed by atoms with Gasteiger partial charge in [-0.25, -0.2) is 4.98 Å². The summed E-state index contributed by atoms with van der Waals surface area (Å²) in [5.74, 6) is 2.53. The predicted molar refractivity (Wildman–Crippen MR) is 105 cm³/mol.